The third-order valence-electron chi connectivity index (χ3n) is 4.91. The number of nitrogens with one attached hydrogen (secondary N) is 1. The van der Waals surface area contributed by atoms with Crippen molar-refractivity contribution in [1.29, 1.82) is 0 Å². The zero-order chi connectivity index (χ0) is 15.9. The second-order valence-electron chi connectivity index (χ2n) is 6.34. The van der Waals surface area contributed by atoms with Crippen LogP contribution < -0.4 is 15.8 Å². The number of nitrogen functional groups attached to an aromatic ring is 1. The Morgan fingerprint density at radius 3 is 2.86 bits per heavy atom. The molecular formula is C16H22ClN3O2. The third-order valence-corrected chi connectivity index (χ3v) is 5.24. The number of fused-ring (bicyclic) bond motifs is 3. The van der Waals surface area contributed by atoms with Gasteiger partial charge in [-0.25, -0.2) is 0 Å². The predicted molar refractivity (Wildman–Crippen MR) is 87.4 cm³/mol. The summed E-state index contributed by atoms with van der Waals surface area (Å²) in [6.45, 7) is 1.13. The van der Waals surface area contributed by atoms with E-state index in [1.807, 2.05) is 0 Å². The highest BCUT2D eigenvalue weighted by Gasteiger charge is 2.39. The van der Waals surface area contributed by atoms with Crippen LogP contribution in [0.15, 0.2) is 12.1 Å². The summed E-state index contributed by atoms with van der Waals surface area (Å²) in [6.07, 6.45) is 3.45. The number of methoxy groups -OCH3 is 1. The molecule has 4 rings (SSSR count). The Labute approximate surface area is 135 Å². The molecule has 1 aliphatic carbocycles. The monoisotopic (exact) mass is 323 g/mol. The van der Waals surface area contributed by atoms with Crippen LogP contribution in [0.25, 0.3) is 0 Å². The second kappa shape index (κ2) is 5.97. The Morgan fingerprint density at radius 2 is 2.23 bits per heavy atom. The molecule has 0 aromatic heterocycles. The molecule has 22 heavy (non-hydrogen) atoms. The zero-order valence-corrected chi connectivity index (χ0v) is 13.7. The highest BCUT2D eigenvalue weighted by Crippen LogP contribution is 2.35. The number of rotatable bonds is 3. The maximum atomic E-state index is 12.6. The van der Waals surface area contributed by atoms with E-state index in [4.69, 9.17) is 22.1 Å². The minimum Gasteiger partial charge on any atom is -0.496 e. The SMILES string of the molecule is COc1cc(N)c(Cl)cc1C(=O)N[C@@H]1C[C@@H]2CC[C@H]1N(C)C2. The van der Waals surface area contributed by atoms with E-state index in [2.05, 4.69) is 17.3 Å². The molecule has 2 aliphatic heterocycles. The fraction of sp³-hybridized carbons (Fsp3) is 0.562. The average molecular weight is 324 g/mol. The van der Waals surface area contributed by atoms with E-state index in [1.165, 1.54) is 13.5 Å². The van der Waals surface area contributed by atoms with Crippen LogP contribution in [0.3, 0.4) is 0 Å². The fourth-order valence-corrected chi connectivity index (χ4v) is 3.96. The summed E-state index contributed by atoms with van der Waals surface area (Å²) in [5.41, 5.74) is 6.61. The van der Waals surface area contributed by atoms with E-state index < -0.39 is 0 Å². The number of anilines is 1. The summed E-state index contributed by atoms with van der Waals surface area (Å²) in [7, 11) is 3.66. The number of carbonyl (C=O) groups excluding carboxylic acids is 1. The zero-order valence-electron chi connectivity index (χ0n) is 12.9. The molecule has 1 amide bonds. The quantitative estimate of drug-likeness (QED) is 0.836. The number of amides is 1. The Kier molecular flexibility index (Phi) is 4.19. The third kappa shape index (κ3) is 2.75. The molecule has 3 fully saturated rings. The van der Waals surface area contributed by atoms with E-state index >= 15 is 0 Å². The lowest BCUT2D eigenvalue weighted by Gasteiger charge is -2.48. The molecule has 3 aliphatic rings. The van der Waals surface area contributed by atoms with Crippen molar-refractivity contribution in [3.8, 4) is 5.75 Å². The molecule has 2 bridgehead atoms. The van der Waals surface area contributed by atoms with E-state index in [0.717, 1.165) is 19.4 Å². The topological polar surface area (TPSA) is 67.6 Å². The van der Waals surface area contributed by atoms with E-state index in [9.17, 15) is 4.79 Å². The number of nitrogens with two attached hydrogens (primary N) is 1. The summed E-state index contributed by atoms with van der Waals surface area (Å²) in [4.78, 5) is 15.0. The lowest BCUT2D eigenvalue weighted by molar-refractivity contribution is 0.0376. The first kappa shape index (κ1) is 15.4. The molecule has 1 saturated carbocycles. The molecule has 3 N–H and O–H groups in total. The molecule has 1 aromatic rings. The minimum atomic E-state index is -0.148. The Balaban J connectivity index is 1.79. The Hall–Kier alpha value is -1.46. The summed E-state index contributed by atoms with van der Waals surface area (Å²) >= 11 is 6.05. The van der Waals surface area contributed by atoms with Crippen molar-refractivity contribution in [3.63, 3.8) is 0 Å². The maximum Gasteiger partial charge on any atom is 0.255 e. The second-order valence-corrected chi connectivity index (χ2v) is 6.75. The van der Waals surface area contributed by atoms with Crippen LogP contribution in [0.2, 0.25) is 5.02 Å². The normalized spacial score (nSPS) is 27.7. The van der Waals surface area contributed by atoms with Crippen LogP contribution >= 0.6 is 11.6 Å². The molecule has 2 heterocycles. The van der Waals surface area contributed by atoms with E-state index in [1.54, 1.807) is 12.1 Å². The molecule has 5 nitrogen and oxygen atoms in total. The van der Waals surface area contributed by atoms with Crippen LogP contribution in [0.1, 0.15) is 29.6 Å². The van der Waals surface area contributed by atoms with E-state index in [-0.39, 0.29) is 11.9 Å². The van der Waals surface area contributed by atoms with Gasteiger partial charge in [0.1, 0.15) is 5.75 Å². The van der Waals surface area contributed by atoms with Gasteiger partial charge < -0.3 is 20.7 Å². The van der Waals surface area contributed by atoms with Gasteiger partial charge in [-0.15, -0.1) is 0 Å². The van der Waals surface area contributed by atoms with Crippen molar-refractivity contribution in [3.05, 3.63) is 22.7 Å². The largest absolute Gasteiger partial charge is 0.496 e. The molecule has 6 heteroatoms. The summed E-state index contributed by atoms with van der Waals surface area (Å²) < 4.78 is 5.26. The van der Waals surface area contributed by atoms with Crippen molar-refractivity contribution < 1.29 is 9.53 Å². The first-order valence-electron chi connectivity index (χ1n) is 7.63. The Morgan fingerprint density at radius 1 is 1.45 bits per heavy atom. The van der Waals surface area contributed by atoms with Crippen LogP contribution in [-0.4, -0.2) is 43.6 Å². The smallest absolute Gasteiger partial charge is 0.255 e. The number of hydrogen-bond donors (Lipinski definition) is 2. The number of benzene rings is 1. The predicted octanol–water partition coefficient (Wildman–Crippen LogP) is 2.14. The van der Waals surface area contributed by atoms with Gasteiger partial charge in [-0.3, -0.25) is 4.79 Å². The number of ether oxygens (including phenoxy) is 1. The van der Waals surface area contributed by atoms with Gasteiger partial charge in [0.15, 0.2) is 0 Å². The molecule has 0 unspecified atom stereocenters. The molecule has 2 saturated heterocycles. The number of piperidine rings is 2. The van der Waals surface area contributed by atoms with Gasteiger partial charge in [-0.05, 0) is 38.3 Å². The van der Waals surface area contributed by atoms with Gasteiger partial charge in [0.05, 0.1) is 23.4 Å². The van der Waals surface area contributed by atoms with Gasteiger partial charge >= 0.3 is 0 Å². The highest BCUT2D eigenvalue weighted by atomic mass is 35.5. The van der Waals surface area contributed by atoms with Crippen molar-refractivity contribution in [1.82, 2.24) is 10.2 Å². The van der Waals surface area contributed by atoms with Gasteiger partial charge in [0.2, 0.25) is 0 Å². The molecule has 0 radical (unpaired) electrons. The van der Waals surface area contributed by atoms with Crippen molar-refractivity contribution in [2.24, 2.45) is 5.92 Å². The van der Waals surface area contributed by atoms with Crippen LogP contribution in [0, 0.1) is 5.92 Å². The van der Waals surface area contributed by atoms with Gasteiger partial charge in [0.25, 0.3) is 5.91 Å². The van der Waals surface area contributed by atoms with Gasteiger partial charge in [0, 0.05) is 24.7 Å². The molecule has 120 valence electrons. The minimum absolute atomic E-state index is 0.148. The summed E-state index contributed by atoms with van der Waals surface area (Å²) in [6, 6.07) is 3.78. The first-order chi connectivity index (χ1) is 10.5. The first-order valence-corrected chi connectivity index (χ1v) is 8.01. The van der Waals surface area contributed by atoms with Crippen molar-refractivity contribution >= 4 is 23.2 Å². The molecule has 1 aromatic carbocycles. The Bertz CT molecular complexity index is 593. The van der Waals surface area contributed by atoms with Gasteiger partial charge in [-0.1, -0.05) is 11.6 Å². The number of carbonyl (C=O) groups is 1. The van der Waals surface area contributed by atoms with Crippen molar-refractivity contribution in [2.75, 3.05) is 26.4 Å². The number of likely N-dealkylation sites (N-methyl/N-ethyl adjacent to an activating group) is 1. The van der Waals surface area contributed by atoms with Crippen LogP contribution in [-0.2, 0) is 0 Å². The fourth-order valence-electron chi connectivity index (χ4n) is 3.79. The summed E-state index contributed by atoms with van der Waals surface area (Å²) in [5, 5.41) is 3.53. The number of hydrogen-bond acceptors (Lipinski definition) is 4. The molecule has 0 spiro atoms. The number of halogens is 1. The van der Waals surface area contributed by atoms with Gasteiger partial charge in [-0.2, -0.15) is 0 Å². The van der Waals surface area contributed by atoms with Crippen LogP contribution in [0.4, 0.5) is 5.69 Å². The highest BCUT2D eigenvalue weighted by molar-refractivity contribution is 6.33. The molecule has 3 atom stereocenters. The summed E-state index contributed by atoms with van der Waals surface area (Å²) in [5.74, 6) is 0.982. The number of nitrogens with zero attached hydrogens (tertiary/aromatic N) is 1. The molecular weight excluding hydrogens is 302 g/mol. The van der Waals surface area contributed by atoms with Crippen LogP contribution in [0.5, 0.6) is 5.75 Å². The van der Waals surface area contributed by atoms with E-state index in [0.29, 0.717) is 34.0 Å². The maximum absolute atomic E-state index is 12.6. The average Bonchev–Trinajstić information content (AvgIpc) is 2.49. The van der Waals surface area contributed by atoms with Crippen molar-refractivity contribution in [2.45, 2.75) is 31.3 Å². The standard InChI is InChI=1S/C16H22ClN3O2/c1-20-8-9-3-4-14(20)13(5-9)19-16(21)10-6-11(17)12(18)7-15(10)22-2/h6-7,9,13-14H,3-5,8,18H2,1-2H3,(H,19,21)/t9-,13+,14+/m0/s1. The lowest BCUT2D eigenvalue weighted by atomic mass is 9.77. The lowest BCUT2D eigenvalue weighted by Crippen LogP contribution is -2.59.